The molecule has 0 aliphatic heterocycles. The molecule has 0 aliphatic carbocycles. The maximum absolute atomic E-state index is 13.7. The molecule has 0 aliphatic rings. The highest BCUT2D eigenvalue weighted by Gasteiger charge is 2.13. The van der Waals surface area contributed by atoms with Crippen molar-refractivity contribution in [3.05, 3.63) is 37.1 Å². The smallest absolute Gasteiger partial charge is 0.261 e. The van der Waals surface area contributed by atoms with Crippen LogP contribution >= 0.6 is 34.1 Å². The Morgan fingerprint density at radius 3 is 2.62 bits per heavy atom. The van der Waals surface area contributed by atoms with Gasteiger partial charge in [-0.15, -0.1) is 10.9 Å². The van der Waals surface area contributed by atoms with Crippen LogP contribution in [0, 0.1) is 10.6 Å². The number of fused-ring (bicyclic) bond motifs is 1. The van der Waals surface area contributed by atoms with Crippen LogP contribution in [0.1, 0.15) is 0 Å². The minimum absolute atomic E-state index is 0.0209. The topological polar surface area (TPSA) is 48.6 Å². The van der Waals surface area contributed by atoms with E-state index < -0.39 is 11.4 Å². The van der Waals surface area contributed by atoms with E-state index in [0.29, 0.717) is 4.77 Å². The summed E-state index contributed by atoms with van der Waals surface area (Å²) in [6.45, 7) is 0. The van der Waals surface area contributed by atoms with E-state index in [1.807, 2.05) is 0 Å². The molecule has 0 radical (unpaired) electrons. The number of aromatic amines is 2. The second-order valence-corrected chi connectivity index (χ2v) is 4.47. The van der Waals surface area contributed by atoms with Gasteiger partial charge in [-0.25, -0.2) is 4.39 Å². The van der Waals surface area contributed by atoms with E-state index in [1.54, 1.807) is 0 Å². The van der Waals surface area contributed by atoms with Crippen molar-refractivity contribution in [2.24, 2.45) is 0 Å². The Morgan fingerprint density at radius 2 is 2.00 bits per heavy atom. The van der Waals surface area contributed by atoms with Gasteiger partial charge < -0.3 is 4.98 Å². The van der Waals surface area contributed by atoms with Crippen LogP contribution in [0.4, 0.5) is 4.39 Å². The van der Waals surface area contributed by atoms with Crippen molar-refractivity contribution >= 4 is 50.9 Å². The lowest BCUT2D eigenvalue weighted by Gasteiger charge is -2.03. The lowest BCUT2D eigenvalue weighted by molar-refractivity contribution is 0.636. The summed E-state index contributed by atoms with van der Waals surface area (Å²) >= 11 is 11.4. The van der Waals surface area contributed by atoms with Gasteiger partial charge in [-0.3, -0.25) is 9.78 Å². The van der Waals surface area contributed by atoms with Crippen molar-refractivity contribution in [1.29, 1.82) is 0 Å². The molecular weight excluding hydrogens is 274 g/mol. The molecule has 2 N–H and O–H groups in total. The largest absolute Gasteiger partial charge is 0.330 e. The van der Waals surface area contributed by atoms with E-state index in [2.05, 4.69) is 15.8 Å². The average molecular weight is 279 g/mol. The number of halogens is 3. The van der Waals surface area contributed by atoms with E-state index in [4.69, 9.17) is 23.2 Å². The molecular formula is C9H5Cl2FN2OS. The van der Waals surface area contributed by atoms with E-state index in [9.17, 15) is 9.18 Å². The van der Waals surface area contributed by atoms with Crippen molar-refractivity contribution in [1.82, 2.24) is 9.97 Å². The van der Waals surface area contributed by atoms with Gasteiger partial charge in [0.2, 0.25) is 0 Å². The third-order valence-corrected chi connectivity index (χ3v) is 3.07. The normalized spacial score (nSPS) is 10.7. The van der Waals surface area contributed by atoms with Gasteiger partial charge in [0.1, 0.15) is 0 Å². The van der Waals surface area contributed by atoms with Crippen LogP contribution in [0.3, 0.4) is 0 Å². The summed E-state index contributed by atoms with van der Waals surface area (Å²) in [5.41, 5.74) is -0.507. The average Bonchev–Trinajstić information content (AvgIpc) is 2.24. The fourth-order valence-electron chi connectivity index (χ4n) is 1.32. The molecule has 0 spiro atoms. The lowest BCUT2D eigenvalue weighted by atomic mass is 10.2. The molecule has 1 aromatic heterocycles. The van der Waals surface area contributed by atoms with Crippen LogP contribution in [0.15, 0.2) is 10.9 Å². The highest BCUT2D eigenvalue weighted by Crippen LogP contribution is 2.27. The Balaban J connectivity index is 3.19. The predicted molar refractivity (Wildman–Crippen MR) is 66.9 cm³/mol. The minimum atomic E-state index is -0.706. The van der Waals surface area contributed by atoms with Crippen LogP contribution in [0.5, 0.6) is 0 Å². The van der Waals surface area contributed by atoms with Crippen LogP contribution in [-0.2, 0) is 0 Å². The standard InChI is InChI=1S/C9H5Cl2FN2OS/c1-16-9-13-7-5(8(15)14-9)3(10)2-4(11)6(7)12/h2,13H,1H2,(H,14,15). The van der Waals surface area contributed by atoms with Gasteiger partial charge in [0.05, 0.1) is 20.9 Å². The van der Waals surface area contributed by atoms with Crippen LogP contribution in [0.25, 0.3) is 10.9 Å². The lowest BCUT2D eigenvalue weighted by Crippen LogP contribution is -2.09. The third-order valence-electron chi connectivity index (χ3n) is 2.01. The molecule has 16 heavy (non-hydrogen) atoms. The van der Waals surface area contributed by atoms with Crippen molar-refractivity contribution in [2.75, 3.05) is 0 Å². The van der Waals surface area contributed by atoms with Gasteiger partial charge in [0.15, 0.2) is 10.6 Å². The Labute approximate surface area is 102 Å². The fourth-order valence-corrected chi connectivity index (χ4v) is 2.21. The molecule has 0 amide bonds. The summed E-state index contributed by atoms with van der Waals surface area (Å²) in [7, 11) is 1.00. The molecule has 7 heteroatoms. The Kier molecular flexibility index (Phi) is 2.92. The molecule has 1 aromatic carbocycles. The van der Waals surface area contributed by atoms with Crippen molar-refractivity contribution in [2.45, 2.75) is 0 Å². The zero-order chi connectivity index (χ0) is 11.9. The summed E-state index contributed by atoms with van der Waals surface area (Å²) in [4.78, 5) is 16.8. The molecule has 1 heterocycles. The van der Waals surface area contributed by atoms with Gasteiger partial charge in [-0.05, 0) is 11.9 Å². The highest BCUT2D eigenvalue weighted by atomic mass is 35.5. The van der Waals surface area contributed by atoms with Crippen LogP contribution < -0.4 is 5.56 Å². The van der Waals surface area contributed by atoms with Crippen LogP contribution in [-0.4, -0.2) is 15.8 Å². The number of nitrogens with one attached hydrogen (secondary N) is 2. The van der Waals surface area contributed by atoms with Crippen molar-refractivity contribution in [3.63, 3.8) is 0 Å². The fraction of sp³-hybridized carbons (Fsp3) is 0. The number of aromatic nitrogens is 2. The Bertz CT molecular complexity index is 731. The first-order valence-electron chi connectivity index (χ1n) is 4.09. The monoisotopic (exact) mass is 278 g/mol. The SMILES string of the molecule is C=S=c1[nH]c(=O)c2c(Cl)cc(Cl)c(F)c2[nH]1. The molecule has 0 bridgehead atoms. The van der Waals surface area contributed by atoms with E-state index in [-0.39, 0.29) is 20.9 Å². The maximum atomic E-state index is 13.7. The quantitative estimate of drug-likeness (QED) is 0.565. The second kappa shape index (κ2) is 4.08. The van der Waals surface area contributed by atoms with Gasteiger partial charge in [0, 0.05) is 0 Å². The maximum Gasteiger partial charge on any atom is 0.261 e. The zero-order valence-corrected chi connectivity index (χ0v) is 10.1. The third kappa shape index (κ3) is 1.71. The molecule has 2 aromatic rings. The zero-order valence-electron chi connectivity index (χ0n) is 7.73. The molecule has 0 saturated heterocycles. The summed E-state index contributed by atoms with van der Waals surface area (Å²) in [6.07, 6.45) is 0. The van der Waals surface area contributed by atoms with E-state index in [0.717, 1.165) is 10.9 Å². The van der Waals surface area contributed by atoms with Gasteiger partial charge >= 0.3 is 0 Å². The number of rotatable bonds is 0. The molecule has 3 nitrogen and oxygen atoms in total. The number of benzene rings is 1. The van der Waals surface area contributed by atoms with E-state index >= 15 is 0 Å². The van der Waals surface area contributed by atoms with E-state index in [1.165, 1.54) is 6.07 Å². The first-order valence-corrected chi connectivity index (χ1v) is 5.83. The molecule has 2 rings (SSSR count). The molecule has 0 saturated carbocycles. The minimum Gasteiger partial charge on any atom is -0.330 e. The molecule has 84 valence electrons. The molecule has 0 atom stereocenters. The first kappa shape index (κ1) is 11.4. The predicted octanol–water partition coefficient (Wildman–Crippen LogP) is 3.00. The number of H-pyrrole nitrogens is 2. The van der Waals surface area contributed by atoms with Crippen LogP contribution in [0.2, 0.25) is 10.0 Å². The van der Waals surface area contributed by atoms with Gasteiger partial charge in [-0.1, -0.05) is 23.2 Å². The highest BCUT2D eigenvalue weighted by molar-refractivity contribution is 7.88. The van der Waals surface area contributed by atoms with Crippen molar-refractivity contribution in [3.8, 4) is 0 Å². The summed E-state index contributed by atoms with van der Waals surface area (Å²) < 4.78 is 14.0. The Morgan fingerprint density at radius 1 is 1.31 bits per heavy atom. The van der Waals surface area contributed by atoms with Gasteiger partial charge in [0.25, 0.3) is 5.56 Å². The van der Waals surface area contributed by atoms with Crippen molar-refractivity contribution < 1.29 is 4.39 Å². The number of hydrogen-bond donors (Lipinski definition) is 2. The molecule has 0 fully saturated rings. The summed E-state index contributed by atoms with van der Waals surface area (Å²) in [6, 6.07) is 1.20. The Hall–Kier alpha value is -1.04. The van der Waals surface area contributed by atoms with Gasteiger partial charge in [-0.2, -0.15) is 0 Å². The first-order chi connectivity index (χ1) is 7.54. The molecule has 0 unspecified atom stereocenters. The number of hydrogen-bond acceptors (Lipinski definition) is 1. The summed E-state index contributed by atoms with van der Waals surface area (Å²) in [5.74, 6) is 2.80. The summed E-state index contributed by atoms with van der Waals surface area (Å²) in [5, 5.41) is 0.000223. The second-order valence-electron chi connectivity index (χ2n) is 2.96.